The average molecular weight is 289 g/mol. The Bertz CT molecular complexity index is 130. The molecule has 0 aromatic carbocycles. The van der Waals surface area contributed by atoms with E-state index in [1.807, 2.05) is 0 Å². The van der Waals surface area contributed by atoms with Crippen molar-refractivity contribution in [3.05, 3.63) is 0 Å². The van der Waals surface area contributed by atoms with Crippen molar-refractivity contribution in [1.82, 2.24) is 0 Å². The van der Waals surface area contributed by atoms with E-state index < -0.39 is 0 Å². The summed E-state index contributed by atoms with van der Waals surface area (Å²) in [5.41, 5.74) is 0. The third-order valence-electron chi connectivity index (χ3n) is 4.18. The highest BCUT2D eigenvalue weighted by Crippen LogP contribution is 2.34. The van der Waals surface area contributed by atoms with E-state index in [1.165, 1.54) is 76.0 Å². The maximum atomic E-state index is 3.52. The van der Waals surface area contributed by atoms with Crippen LogP contribution in [-0.2, 0) is 0 Å². The standard InChI is InChI=1S/C15H29Br/c1-2-3-4-7-14-9-11-15(12-10-14)8-5-6-13-16/h14-15H,2-13H2,1H3. The number of halogens is 1. The van der Waals surface area contributed by atoms with Gasteiger partial charge in [-0.05, 0) is 18.3 Å². The van der Waals surface area contributed by atoms with Gasteiger partial charge < -0.3 is 0 Å². The molecule has 1 fully saturated rings. The van der Waals surface area contributed by atoms with Gasteiger partial charge >= 0.3 is 0 Å². The lowest BCUT2D eigenvalue weighted by Crippen LogP contribution is -2.14. The summed E-state index contributed by atoms with van der Waals surface area (Å²) in [7, 11) is 0. The maximum absolute atomic E-state index is 3.52. The maximum Gasteiger partial charge on any atom is 0.00313 e. The van der Waals surface area contributed by atoms with Crippen molar-refractivity contribution in [2.45, 2.75) is 77.6 Å². The van der Waals surface area contributed by atoms with Gasteiger partial charge in [0.25, 0.3) is 0 Å². The zero-order chi connectivity index (χ0) is 11.6. The van der Waals surface area contributed by atoms with Gasteiger partial charge in [0, 0.05) is 5.33 Å². The van der Waals surface area contributed by atoms with Crippen LogP contribution in [0.5, 0.6) is 0 Å². The van der Waals surface area contributed by atoms with Gasteiger partial charge in [0.1, 0.15) is 0 Å². The Labute approximate surface area is 111 Å². The van der Waals surface area contributed by atoms with Crippen molar-refractivity contribution in [3.8, 4) is 0 Å². The van der Waals surface area contributed by atoms with Gasteiger partial charge in [0.2, 0.25) is 0 Å². The van der Waals surface area contributed by atoms with E-state index in [-0.39, 0.29) is 0 Å². The SMILES string of the molecule is CCCCCC1CCC(CCCCBr)CC1. The zero-order valence-corrected chi connectivity index (χ0v) is 12.6. The molecule has 0 amide bonds. The minimum absolute atomic E-state index is 1.07. The van der Waals surface area contributed by atoms with Crippen LogP contribution >= 0.6 is 15.9 Å². The second-order valence-corrected chi connectivity index (χ2v) is 6.36. The first-order chi connectivity index (χ1) is 7.86. The van der Waals surface area contributed by atoms with E-state index in [0.717, 1.165) is 11.8 Å². The summed E-state index contributed by atoms with van der Waals surface area (Å²) in [6.45, 7) is 2.31. The van der Waals surface area contributed by atoms with E-state index in [9.17, 15) is 0 Å². The molecule has 0 nitrogen and oxygen atoms in total. The van der Waals surface area contributed by atoms with Crippen LogP contribution in [0.1, 0.15) is 77.6 Å². The summed E-state index contributed by atoms with van der Waals surface area (Å²) in [5.74, 6) is 2.15. The van der Waals surface area contributed by atoms with Crippen LogP contribution in [0.25, 0.3) is 0 Å². The normalized spacial score (nSPS) is 25.9. The fraction of sp³-hybridized carbons (Fsp3) is 1.00. The summed E-state index contributed by atoms with van der Waals surface area (Å²) < 4.78 is 0. The van der Waals surface area contributed by atoms with E-state index in [4.69, 9.17) is 0 Å². The highest BCUT2D eigenvalue weighted by molar-refractivity contribution is 9.09. The fourth-order valence-electron chi connectivity index (χ4n) is 3.02. The second kappa shape index (κ2) is 9.50. The molecule has 0 N–H and O–H groups in total. The van der Waals surface area contributed by atoms with Crippen LogP contribution in [0, 0.1) is 11.8 Å². The molecule has 0 aliphatic heterocycles. The third-order valence-corrected chi connectivity index (χ3v) is 4.74. The first-order valence-corrected chi connectivity index (χ1v) is 8.55. The number of unbranched alkanes of at least 4 members (excludes halogenated alkanes) is 3. The minimum Gasteiger partial charge on any atom is -0.0928 e. The molecule has 1 heteroatoms. The fourth-order valence-corrected chi connectivity index (χ4v) is 3.42. The van der Waals surface area contributed by atoms with Crippen LogP contribution in [0.15, 0.2) is 0 Å². The van der Waals surface area contributed by atoms with E-state index in [0.29, 0.717) is 0 Å². The van der Waals surface area contributed by atoms with Crippen molar-refractivity contribution in [2.75, 3.05) is 5.33 Å². The Morgan fingerprint density at radius 2 is 1.31 bits per heavy atom. The highest BCUT2D eigenvalue weighted by Gasteiger charge is 2.20. The van der Waals surface area contributed by atoms with Gasteiger partial charge in [-0.15, -0.1) is 0 Å². The molecule has 0 aromatic rings. The van der Waals surface area contributed by atoms with Gasteiger partial charge in [-0.2, -0.15) is 0 Å². The summed E-state index contributed by atoms with van der Waals surface area (Å²) in [4.78, 5) is 0. The Morgan fingerprint density at radius 1 is 0.812 bits per heavy atom. The van der Waals surface area contributed by atoms with Gasteiger partial charge in [0.05, 0.1) is 0 Å². The lowest BCUT2D eigenvalue weighted by molar-refractivity contribution is 0.246. The molecule has 16 heavy (non-hydrogen) atoms. The molecule has 0 unspecified atom stereocenters. The Balaban J connectivity index is 2.00. The first-order valence-electron chi connectivity index (χ1n) is 7.42. The predicted molar refractivity (Wildman–Crippen MR) is 77.2 cm³/mol. The lowest BCUT2D eigenvalue weighted by atomic mass is 9.78. The lowest BCUT2D eigenvalue weighted by Gasteiger charge is -2.28. The van der Waals surface area contributed by atoms with E-state index in [1.54, 1.807) is 0 Å². The van der Waals surface area contributed by atoms with E-state index >= 15 is 0 Å². The average Bonchev–Trinajstić information content (AvgIpc) is 2.32. The monoisotopic (exact) mass is 288 g/mol. The minimum atomic E-state index is 1.07. The van der Waals surface area contributed by atoms with Gasteiger partial charge in [-0.25, -0.2) is 0 Å². The quantitative estimate of drug-likeness (QED) is 0.383. The smallest absolute Gasteiger partial charge is 0.00313 e. The summed E-state index contributed by atoms with van der Waals surface area (Å²) in [6, 6.07) is 0. The number of hydrogen-bond donors (Lipinski definition) is 0. The van der Waals surface area contributed by atoms with Crippen molar-refractivity contribution < 1.29 is 0 Å². The van der Waals surface area contributed by atoms with E-state index in [2.05, 4.69) is 22.9 Å². The van der Waals surface area contributed by atoms with Crippen LogP contribution in [0.2, 0.25) is 0 Å². The van der Waals surface area contributed by atoms with Gasteiger partial charge in [-0.3, -0.25) is 0 Å². The topological polar surface area (TPSA) is 0 Å². The predicted octanol–water partition coefficient (Wildman–Crippen LogP) is 5.94. The second-order valence-electron chi connectivity index (χ2n) is 5.57. The molecule has 1 saturated carbocycles. The van der Waals surface area contributed by atoms with Crippen molar-refractivity contribution >= 4 is 15.9 Å². The summed E-state index contributed by atoms with van der Waals surface area (Å²) >= 11 is 3.52. The Morgan fingerprint density at radius 3 is 1.75 bits per heavy atom. The van der Waals surface area contributed by atoms with Crippen LogP contribution in [0.3, 0.4) is 0 Å². The number of hydrogen-bond acceptors (Lipinski definition) is 0. The zero-order valence-electron chi connectivity index (χ0n) is 11.0. The largest absolute Gasteiger partial charge is 0.0928 e. The molecule has 0 atom stereocenters. The first kappa shape index (κ1) is 14.5. The molecule has 96 valence electrons. The van der Waals surface area contributed by atoms with Crippen molar-refractivity contribution in [1.29, 1.82) is 0 Å². The molecule has 0 aromatic heterocycles. The van der Waals surface area contributed by atoms with Crippen LogP contribution < -0.4 is 0 Å². The van der Waals surface area contributed by atoms with Crippen molar-refractivity contribution in [2.24, 2.45) is 11.8 Å². The molecule has 1 rings (SSSR count). The van der Waals surface area contributed by atoms with Gasteiger partial charge in [0.15, 0.2) is 0 Å². The molecule has 0 saturated heterocycles. The Hall–Kier alpha value is 0.480. The number of alkyl halides is 1. The molecular weight excluding hydrogens is 260 g/mol. The Kier molecular flexibility index (Phi) is 8.64. The molecule has 1 aliphatic rings. The number of rotatable bonds is 8. The third kappa shape index (κ3) is 6.27. The van der Waals surface area contributed by atoms with Gasteiger partial charge in [-0.1, -0.05) is 87.1 Å². The summed E-state index contributed by atoms with van der Waals surface area (Å²) in [6.07, 6.45) is 16.2. The molecular formula is C15H29Br. The molecule has 0 bridgehead atoms. The van der Waals surface area contributed by atoms with Crippen LogP contribution in [0.4, 0.5) is 0 Å². The summed E-state index contributed by atoms with van der Waals surface area (Å²) in [5, 5.41) is 1.19. The molecule has 0 heterocycles. The van der Waals surface area contributed by atoms with Crippen LogP contribution in [-0.4, -0.2) is 5.33 Å². The molecule has 0 spiro atoms. The highest BCUT2D eigenvalue weighted by atomic mass is 79.9. The molecule has 0 radical (unpaired) electrons. The van der Waals surface area contributed by atoms with Crippen molar-refractivity contribution in [3.63, 3.8) is 0 Å². The molecule has 1 aliphatic carbocycles.